The Bertz CT molecular complexity index is 760. The number of rotatable bonds is 8. The molecule has 0 spiro atoms. The van der Waals surface area contributed by atoms with Crippen molar-refractivity contribution >= 4 is 11.7 Å². The highest BCUT2D eigenvalue weighted by molar-refractivity contribution is 5.97. The van der Waals surface area contributed by atoms with Crippen LogP contribution in [-0.4, -0.2) is 36.4 Å². The van der Waals surface area contributed by atoms with Gasteiger partial charge in [0.25, 0.3) is 0 Å². The summed E-state index contributed by atoms with van der Waals surface area (Å²) >= 11 is 0. The molecule has 25 heavy (non-hydrogen) atoms. The van der Waals surface area contributed by atoms with Crippen molar-refractivity contribution in [1.29, 1.82) is 0 Å². The summed E-state index contributed by atoms with van der Waals surface area (Å²) in [7, 11) is 0. The van der Waals surface area contributed by atoms with Gasteiger partial charge in [-0.2, -0.15) is 0 Å². The highest BCUT2D eigenvalue weighted by Gasteiger charge is 2.11. The number of nitrogens with one attached hydrogen (secondary N) is 1. The summed E-state index contributed by atoms with van der Waals surface area (Å²) in [5, 5.41) is 0. The van der Waals surface area contributed by atoms with Crippen LogP contribution in [0.1, 0.15) is 46.6 Å². The van der Waals surface area contributed by atoms with E-state index in [1.54, 1.807) is 0 Å². The number of aryl methyl sites for hydroxylation is 2. The van der Waals surface area contributed by atoms with Crippen LogP contribution in [0.15, 0.2) is 35.3 Å². The number of carbonyl (C=O) groups excluding carboxylic acids is 1. The van der Waals surface area contributed by atoms with E-state index < -0.39 is 0 Å². The molecule has 132 valence electrons. The van der Waals surface area contributed by atoms with E-state index in [1.165, 1.54) is 0 Å². The molecule has 1 aliphatic rings. The number of Topliss-reactive ketones (excluding diaryl/α,β-unsaturated/α-hetero) is 1. The topological polar surface area (TPSA) is 63.7 Å². The number of ketones is 1. The Hall–Kier alpha value is -2.56. The second kappa shape index (κ2) is 8.01. The van der Waals surface area contributed by atoms with Gasteiger partial charge in [-0.05, 0) is 57.0 Å². The molecular weight excluding hydrogens is 316 g/mol. The average Bonchev–Trinajstić information content (AvgIpc) is 3.24. The number of aromatic amines is 1. The quantitative estimate of drug-likeness (QED) is 0.586. The Morgan fingerprint density at radius 3 is 2.68 bits per heavy atom. The summed E-state index contributed by atoms with van der Waals surface area (Å²) in [5.74, 6) is 1.73. The maximum absolute atomic E-state index is 12.2. The Morgan fingerprint density at radius 1 is 1.24 bits per heavy atom. The molecule has 2 aromatic rings. The third-order valence-corrected chi connectivity index (χ3v) is 4.20. The van der Waals surface area contributed by atoms with Crippen LogP contribution in [0.25, 0.3) is 0 Å². The zero-order valence-electron chi connectivity index (χ0n) is 14.8. The van der Waals surface area contributed by atoms with Gasteiger partial charge < -0.3 is 14.5 Å². The fourth-order valence-electron chi connectivity index (χ4n) is 2.93. The number of hydrogen-bond acceptors (Lipinski definition) is 4. The van der Waals surface area contributed by atoms with Gasteiger partial charge in [-0.3, -0.25) is 4.79 Å². The van der Waals surface area contributed by atoms with E-state index in [-0.39, 0.29) is 5.78 Å². The van der Waals surface area contributed by atoms with E-state index in [9.17, 15) is 4.79 Å². The summed E-state index contributed by atoms with van der Waals surface area (Å²) in [6.45, 7) is 5.90. The van der Waals surface area contributed by atoms with Crippen LogP contribution in [0.5, 0.6) is 5.75 Å². The Kier molecular flexibility index (Phi) is 5.53. The molecule has 0 saturated carbocycles. The first-order valence-electron chi connectivity index (χ1n) is 8.73. The predicted molar refractivity (Wildman–Crippen MR) is 97.7 cm³/mol. The predicted octanol–water partition coefficient (Wildman–Crippen LogP) is 3.84. The van der Waals surface area contributed by atoms with Gasteiger partial charge in [-0.15, -0.1) is 0 Å². The molecule has 5 heteroatoms. The SMILES string of the molecule is Cc1cc(C(=O)CCCCOc2ccc(C3=NCCO3)cc2)c(C)[nH]1. The Labute approximate surface area is 148 Å². The number of unbranched alkanes of at least 4 members (excludes halogenated alkanes) is 1. The number of nitrogens with zero attached hydrogens (tertiary/aromatic N) is 1. The van der Waals surface area contributed by atoms with Crippen molar-refractivity contribution in [3.63, 3.8) is 0 Å². The smallest absolute Gasteiger partial charge is 0.216 e. The molecular formula is C20H24N2O3. The Morgan fingerprint density at radius 2 is 2.04 bits per heavy atom. The molecule has 0 bridgehead atoms. The second-order valence-electron chi connectivity index (χ2n) is 6.28. The first-order valence-corrected chi connectivity index (χ1v) is 8.73. The lowest BCUT2D eigenvalue weighted by Gasteiger charge is -2.07. The van der Waals surface area contributed by atoms with E-state index in [1.807, 2.05) is 44.2 Å². The van der Waals surface area contributed by atoms with Crippen molar-refractivity contribution < 1.29 is 14.3 Å². The maximum atomic E-state index is 12.2. The molecule has 2 heterocycles. The molecule has 1 aromatic carbocycles. The molecule has 1 aromatic heterocycles. The molecule has 0 saturated heterocycles. The molecule has 1 aliphatic heterocycles. The van der Waals surface area contributed by atoms with Crippen LogP contribution >= 0.6 is 0 Å². The van der Waals surface area contributed by atoms with E-state index in [0.29, 0.717) is 25.5 Å². The zero-order chi connectivity index (χ0) is 17.6. The molecule has 3 rings (SSSR count). The third-order valence-electron chi connectivity index (χ3n) is 4.20. The summed E-state index contributed by atoms with van der Waals surface area (Å²) in [6, 6.07) is 9.70. The second-order valence-corrected chi connectivity index (χ2v) is 6.28. The lowest BCUT2D eigenvalue weighted by Crippen LogP contribution is -2.03. The van der Waals surface area contributed by atoms with Crippen molar-refractivity contribution in [2.24, 2.45) is 4.99 Å². The van der Waals surface area contributed by atoms with Crippen LogP contribution in [0.4, 0.5) is 0 Å². The normalized spacial score (nSPS) is 13.4. The van der Waals surface area contributed by atoms with Crippen LogP contribution in [0.3, 0.4) is 0 Å². The molecule has 0 fully saturated rings. The summed E-state index contributed by atoms with van der Waals surface area (Å²) < 4.78 is 11.2. The molecule has 0 atom stereocenters. The third kappa shape index (κ3) is 4.50. The van der Waals surface area contributed by atoms with Crippen LogP contribution in [0, 0.1) is 13.8 Å². The van der Waals surface area contributed by atoms with Crippen molar-refractivity contribution in [2.75, 3.05) is 19.8 Å². The van der Waals surface area contributed by atoms with Crippen LogP contribution in [0.2, 0.25) is 0 Å². The van der Waals surface area contributed by atoms with Crippen molar-refractivity contribution in [3.05, 3.63) is 52.8 Å². The lowest BCUT2D eigenvalue weighted by atomic mass is 10.1. The minimum atomic E-state index is 0.198. The molecule has 5 nitrogen and oxygen atoms in total. The van der Waals surface area contributed by atoms with E-state index in [4.69, 9.17) is 9.47 Å². The minimum absolute atomic E-state index is 0.198. The van der Waals surface area contributed by atoms with Gasteiger partial charge in [-0.1, -0.05) is 0 Å². The monoisotopic (exact) mass is 340 g/mol. The minimum Gasteiger partial charge on any atom is -0.494 e. The van der Waals surface area contributed by atoms with Gasteiger partial charge in [0.05, 0.1) is 13.2 Å². The largest absolute Gasteiger partial charge is 0.494 e. The Balaban J connectivity index is 1.38. The van der Waals surface area contributed by atoms with Gasteiger partial charge in [0.15, 0.2) is 5.78 Å². The zero-order valence-corrected chi connectivity index (χ0v) is 14.8. The van der Waals surface area contributed by atoms with Crippen molar-refractivity contribution in [2.45, 2.75) is 33.1 Å². The summed E-state index contributed by atoms with van der Waals surface area (Å²) in [5.41, 5.74) is 3.77. The number of ether oxygens (including phenoxy) is 2. The summed E-state index contributed by atoms with van der Waals surface area (Å²) in [6.07, 6.45) is 2.23. The highest BCUT2D eigenvalue weighted by atomic mass is 16.5. The van der Waals surface area contributed by atoms with Gasteiger partial charge in [-0.25, -0.2) is 4.99 Å². The fraction of sp³-hybridized carbons (Fsp3) is 0.400. The van der Waals surface area contributed by atoms with Gasteiger partial charge in [0, 0.05) is 28.9 Å². The van der Waals surface area contributed by atoms with E-state index in [0.717, 1.165) is 47.7 Å². The van der Waals surface area contributed by atoms with Crippen LogP contribution < -0.4 is 4.74 Å². The van der Waals surface area contributed by atoms with Crippen molar-refractivity contribution in [1.82, 2.24) is 4.98 Å². The molecule has 0 radical (unpaired) electrons. The van der Waals surface area contributed by atoms with E-state index >= 15 is 0 Å². The lowest BCUT2D eigenvalue weighted by molar-refractivity contribution is 0.0977. The maximum Gasteiger partial charge on any atom is 0.216 e. The number of benzene rings is 1. The molecule has 0 unspecified atom stereocenters. The fourth-order valence-corrected chi connectivity index (χ4v) is 2.93. The molecule has 0 amide bonds. The van der Waals surface area contributed by atoms with Gasteiger partial charge in [0.1, 0.15) is 12.4 Å². The standard InChI is InChI=1S/C20H24N2O3/c1-14-13-18(15(2)22-14)19(23)5-3-4-11-24-17-8-6-16(7-9-17)20-21-10-12-25-20/h6-9,13,22H,3-5,10-12H2,1-2H3. The first kappa shape index (κ1) is 17.3. The number of aliphatic imine (C=N–C) groups is 1. The number of hydrogen-bond donors (Lipinski definition) is 1. The first-order chi connectivity index (χ1) is 12.1. The average molecular weight is 340 g/mol. The van der Waals surface area contributed by atoms with Crippen LogP contribution in [-0.2, 0) is 4.74 Å². The number of carbonyl (C=O) groups is 1. The van der Waals surface area contributed by atoms with Gasteiger partial charge >= 0.3 is 0 Å². The summed E-state index contributed by atoms with van der Waals surface area (Å²) in [4.78, 5) is 19.7. The number of H-pyrrole nitrogens is 1. The molecule has 0 aliphatic carbocycles. The van der Waals surface area contributed by atoms with E-state index in [2.05, 4.69) is 9.98 Å². The van der Waals surface area contributed by atoms with Gasteiger partial charge in [0.2, 0.25) is 5.90 Å². The number of aromatic nitrogens is 1. The molecule has 1 N–H and O–H groups in total. The highest BCUT2D eigenvalue weighted by Crippen LogP contribution is 2.16. The van der Waals surface area contributed by atoms with Crippen molar-refractivity contribution in [3.8, 4) is 5.75 Å².